The molecule has 6 heteroatoms. The number of unbranched alkanes of at least 4 members (excludes halogenated alkanes) is 8. The van der Waals surface area contributed by atoms with Crippen molar-refractivity contribution in [2.24, 2.45) is 5.10 Å². The number of carbonyl (C=O) groups excluding carboxylic acids is 2. The third-order valence-electron chi connectivity index (χ3n) is 4.72. The van der Waals surface area contributed by atoms with Crippen LogP contribution in [0.2, 0.25) is 0 Å². The Morgan fingerprint density at radius 3 is 2.27 bits per heavy atom. The Kier molecular flexibility index (Phi) is 11.5. The number of thiophene rings is 1. The summed E-state index contributed by atoms with van der Waals surface area (Å²) >= 11 is 1.34. The Balaban J connectivity index is 1.57. The van der Waals surface area contributed by atoms with E-state index in [2.05, 4.69) is 17.5 Å². The number of amides is 1. The number of esters is 1. The van der Waals surface area contributed by atoms with Crippen LogP contribution in [0.3, 0.4) is 0 Å². The highest BCUT2D eigenvalue weighted by Gasteiger charge is 2.09. The van der Waals surface area contributed by atoms with Crippen LogP contribution in [-0.4, -0.2) is 18.1 Å². The first-order valence-corrected chi connectivity index (χ1v) is 11.7. The smallest absolute Gasteiger partial charge is 0.353 e. The van der Waals surface area contributed by atoms with Gasteiger partial charge in [0, 0.05) is 6.42 Å². The molecule has 0 atom stereocenters. The molecule has 0 radical (unpaired) electrons. The lowest BCUT2D eigenvalue weighted by molar-refractivity contribution is -0.121. The first-order chi connectivity index (χ1) is 14.7. The molecular formula is C24H32N2O3S. The summed E-state index contributed by atoms with van der Waals surface area (Å²) in [6.45, 7) is 2.23. The van der Waals surface area contributed by atoms with Crippen LogP contribution in [0, 0.1) is 0 Å². The van der Waals surface area contributed by atoms with E-state index in [0.717, 1.165) is 18.4 Å². The van der Waals surface area contributed by atoms with Crippen molar-refractivity contribution in [2.75, 3.05) is 0 Å². The molecule has 2 aromatic rings. The largest absolute Gasteiger partial charge is 0.422 e. The van der Waals surface area contributed by atoms with Crippen molar-refractivity contribution in [3.63, 3.8) is 0 Å². The van der Waals surface area contributed by atoms with Gasteiger partial charge in [-0.15, -0.1) is 11.3 Å². The minimum absolute atomic E-state index is 0.0595. The Labute approximate surface area is 183 Å². The van der Waals surface area contributed by atoms with Gasteiger partial charge >= 0.3 is 5.97 Å². The molecule has 0 aliphatic heterocycles. The maximum Gasteiger partial charge on any atom is 0.353 e. The second-order valence-corrected chi connectivity index (χ2v) is 8.26. The highest BCUT2D eigenvalue weighted by Crippen LogP contribution is 2.16. The Morgan fingerprint density at radius 2 is 1.63 bits per heavy atom. The molecule has 0 aliphatic carbocycles. The monoisotopic (exact) mass is 428 g/mol. The predicted molar refractivity (Wildman–Crippen MR) is 123 cm³/mol. The summed E-state index contributed by atoms with van der Waals surface area (Å²) in [7, 11) is 0. The van der Waals surface area contributed by atoms with Gasteiger partial charge in [-0.05, 0) is 47.7 Å². The van der Waals surface area contributed by atoms with Crippen molar-refractivity contribution in [1.82, 2.24) is 5.43 Å². The molecule has 0 bridgehead atoms. The standard InChI is InChI=1S/C24H32N2O3S/c1-2-3-4-5-6-7-8-9-10-13-23(27)26-25-19-20-14-16-21(17-15-20)29-24(28)22-12-11-18-30-22/h11-12,14-19H,2-10,13H2,1H3,(H,26,27). The van der Waals surface area contributed by atoms with Crippen molar-refractivity contribution < 1.29 is 14.3 Å². The molecule has 0 fully saturated rings. The molecule has 0 spiro atoms. The first kappa shape index (κ1) is 23.8. The second kappa shape index (κ2) is 14.5. The normalized spacial score (nSPS) is 11.0. The number of benzene rings is 1. The van der Waals surface area contributed by atoms with Gasteiger partial charge in [0.15, 0.2) is 0 Å². The molecule has 30 heavy (non-hydrogen) atoms. The van der Waals surface area contributed by atoms with Gasteiger partial charge in [-0.1, -0.05) is 64.4 Å². The summed E-state index contributed by atoms with van der Waals surface area (Å²) in [6, 6.07) is 10.5. The van der Waals surface area contributed by atoms with Crippen molar-refractivity contribution in [3.05, 3.63) is 52.2 Å². The average Bonchev–Trinajstić information content (AvgIpc) is 3.29. The third kappa shape index (κ3) is 9.83. The van der Waals surface area contributed by atoms with Gasteiger partial charge in [0.1, 0.15) is 10.6 Å². The summed E-state index contributed by atoms with van der Waals surface area (Å²) in [5, 5.41) is 5.83. The molecule has 0 unspecified atom stereocenters. The van der Waals surface area contributed by atoms with Crippen LogP contribution in [0.25, 0.3) is 0 Å². The molecule has 0 aliphatic rings. The van der Waals surface area contributed by atoms with Gasteiger partial charge in [0.05, 0.1) is 6.21 Å². The molecule has 0 saturated heterocycles. The Morgan fingerprint density at radius 1 is 0.967 bits per heavy atom. The van der Waals surface area contributed by atoms with Crippen LogP contribution in [0.15, 0.2) is 46.9 Å². The van der Waals surface area contributed by atoms with Crippen LogP contribution < -0.4 is 10.2 Å². The molecule has 1 aromatic heterocycles. The van der Waals surface area contributed by atoms with E-state index in [4.69, 9.17) is 4.74 Å². The minimum Gasteiger partial charge on any atom is -0.422 e. The van der Waals surface area contributed by atoms with E-state index in [0.29, 0.717) is 17.0 Å². The van der Waals surface area contributed by atoms with Gasteiger partial charge in [-0.2, -0.15) is 5.10 Å². The van der Waals surface area contributed by atoms with Crippen LogP contribution in [-0.2, 0) is 4.79 Å². The van der Waals surface area contributed by atoms with Crippen LogP contribution >= 0.6 is 11.3 Å². The highest BCUT2D eigenvalue weighted by atomic mass is 32.1. The lowest BCUT2D eigenvalue weighted by atomic mass is 10.1. The second-order valence-electron chi connectivity index (χ2n) is 7.31. The van der Waals surface area contributed by atoms with Crippen molar-refractivity contribution in [3.8, 4) is 5.75 Å². The highest BCUT2D eigenvalue weighted by molar-refractivity contribution is 7.12. The zero-order valence-corrected chi connectivity index (χ0v) is 18.6. The Bertz CT molecular complexity index is 770. The summed E-state index contributed by atoms with van der Waals surface area (Å²) < 4.78 is 5.31. The summed E-state index contributed by atoms with van der Waals surface area (Å²) in [5.41, 5.74) is 3.38. The number of hydrazone groups is 1. The van der Waals surface area contributed by atoms with Gasteiger partial charge in [-0.3, -0.25) is 4.79 Å². The van der Waals surface area contributed by atoms with Gasteiger partial charge in [-0.25, -0.2) is 10.2 Å². The number of hydrogen-bond acceptors (Lipinski definition) is 5. The summed E-state index contributed by atoms with van der Waals surface area (Å²) in [5.74, 6) is 0.0471. The maximum absolute atomic E-state index is 11.9. The quantitative estimate of drug-likeness (QED) is 0.125. The molecule has 0 saturated carbocycles. The molecule has 2 rings (SSSR count). The van der Waals surface area contributed by atoms with Gasteiger partial charge in [0.25, 0.3) is 0 Å². The molecular weight excluding hydrogens is 396 g/mol. The molecule has 1 aromatic carbocycles. The number of nitrogens with zero attached hydrogens (tertiary/aromatic N) is 1. The topological polar surface area (TPSA) is 67.8 Å². The molecule has 1 heterocycles. The van der Waals surface area contributed by atoms with E-state index in [1.54, 1.807) is 36.5 Å². The van der Waals surface area contributed by atoms with Crippen LogP contribution in [0.4, 0.5) is 0 Å². The number of carbonyl (C=O) groups is 2. The molecule has 1 amide bonds. The van der Waals surface area contributed by atoms with Crippen molar-refractivity contribution >= 4 is 29.4 Å². The van der Waals surface area contributed by atoms with Gasteiger partial charge < -0.3 is 4.74 Å². The summed E-state index contributed by atoms with van der Waals surface area (Å²) in [4.78, 5) is 24.3. The van der Waals surface area contributed by atoms with Crippen LogP contribution in [0.1, 0.15) is 86.4 Å². The van der Waals surface area contributed by atoms with Crippen LogP contribution in [0.5, 0.6) is 5.75 Å². The van der Waals surface area contributed by atoms with E-state index in [1.165, 1.54) is 56.3 Å². The fraction of sp³-hybridized carbons (Fsp3) is 0.458. The molecule has 162 valence electrons. The molecule has 1 N–H and O–H groups in total. The van der Waals surface area contributed by atoms with Gasteiger partial charge in [0.2, 0.25) is 5.91 Å². The number of ether oxygens (including phenoxy) is 1. The lowest BCUT2D eigenvalue weighted by Crippen LogP contribution is -2.16. The van der Waals surface area contributed by atoms with E-state index in [1.807, 2.05) is 11.4 Å². The minimum atomic E-state index is -0.366. The first-order valence-electron chi connectivity index (χ1n) is 10.9. The van der Waals surface area contributed by atoms with Crippen molar-refractivity contribution in [1.29, 1.82) is 0 Å². The predicted octanol–water partition coefficient (Wildman–Crippen LogP) is 6.34. The SMILES string of the molecule is CCCCCCCCCCCC(=O)NN=Cc1ccc(OC(=O)c2cccs2)cc1. The average molecular weight is 429 g/mol. The van der Waals surface area contributed by atoms with E-state index in [-0.39, 0.29) is 11.9 Å². The van der Waals surface area contributed by atoms with E-state index >= 15 is 0 Å². The zero-order valence-electron chi connectivity index (χ0n) is 17.8. The number of rotatable bonds is 14. The van der Waals surface area contributed by atoms with E-state index in [9.17, 15) is 9.59 Å². The van der Waals surface area contributed by atoms with E-state index < -0.39 is 0 Å². The fourth-order valence-corrected chi connectivity index (χ4v) is 3.60. The number of nitrogens with one attached hydrogen (secondary N) is 1. The zero-order chi connectivity index (χ0) is 21.4. The summed E-state index contributed by atoms with van der Waals surface area (Å²) in [6.07, 6.45) is 13.2. The fourth-order valence-electron chi connectivity index (χ4n) is 3.00. The van der Waals surface area contributed by atoms with Crippen molar-refractivity contribution in [2.45, 2.75) is 71.1 Å². The lowest BCUT2D eigenvalue weighted by Gasteiger charge is -2.03. The Hall–Kier alpha value is -2.47. The maximum atomic E-state index is 11.9. The third-order valence-corrected chi connectivity index (χ3v) is 5.57. The number of hydrogen-bond donors (Lipinski definition) is 1. The molecule has 5 nitrogen and oxygen atoms in total.